The fourth-order valence-electron chi connectivity index (χ4n) is 1.90. The Balaban J connectivity index is 2.40. The molecule has 0 saturated heterocycles. The van der Waals surface area contributed by atoms with Crippen LogP contribution >= 0.6 is 0 Å². The second-order valence-electron chi connectivity index (χ2n) is 4.24. The summed E-state index contributed by atoms with van der Waals surface area (Å²) in [6.45, 7) is 4.25. The highest BCUT2D eigenvalue weighted by molar-refractivity contribution is 5.36. The van der Waals surface area contributed by atoms with Gasteiger partial charge in [-0.1, -0.05) is 38.1 Å². The number of aliphatic hydroxyl groups excluding tert-OH is 1. The minimum atomic E-state index is -0.600. The Morgan fingerprint density at radius 2 is 1.75 bits per heavy atom. The van der Waals surface area contributed by atoms with E-state index < -0.39 is 6.10 Å². The summed E-state index contributed by atoms with van der Waals surface area (Å²) in [4.78, 5) is 0. The molecule has 0 amide bonds. The second kappa shape index (κ2) is 4.54. The van der Waals surface area contributed by atoms with E-state index in [9.17, 15) is 5.11 Å². The standard InChI is InChI=1S/C14H16O2/c1-10(2)12-5-3-4-6-13(12)14(15)11-7-8-16-9-11/h3-10,14-15H,1-2H3/t14-/m1/s1. The highest BCUT2D eigenvalue weighted by Crippen LogP contribution is 2.29. The van der Waals surface area contributed by atoms with E-state index in [1.165, 1.54) is 5.56 Å². The molecule has 0 spiro atoms. The van der Waals surface area contributed by atoms with E-state index in [2.05, 4.69) is 19.9 Å². The molecule has 1 heterocycles. The lowest BCUT2D eigenvalue weighted by atomic mass is 9.92. The number of benzene rings is 1. The van der Waals surface area contributed by atoms with Crippen molar-refractivity contribution in [3.63, 3.8) is 0 Å². The van der Waals surface area contributed by atoms with Crippen molar-refractivity contribution in [1.82, 2.24) is 0 Å². The SMILES string of the molecule is CC(C)c1ccccc1[C@H](O)c1ccoc1. The molecule has 0 aliphatic heterocycles. The third-order valence-electron chi connectivity index (χ3n) is 2.77. The lowest BCUT2D eigenvalue weighted by Gasteiger charge is -2.16. The van der Waals surface area contributed by atoms with E-state index in [4.69, 9.17) is 4.42 Å². The molecule has 2 rings (SSSR count). The first-order valence-electron chi connectivity index (χ1n) is 5.49. The molecule has 84 valence electrons. The van der Waals surface area contributed by atoms with Crippen molar-refractivity contribution in [3.8, 4) is 0 Å². The zero-order valence-electron chi connectivity index (χ0n) is 9.55. The summed E-state index contributed by atoms with van der Waals surface area (Å²) >= 11 is 0. The van der Waals surface area contributed by atoms with Crippen molar-refractivity contribution in [2.24, 2.45) is 0 Å². The molecule has 0 unspecified atom stereocenters. The molecule has 2 aromatic rings. The van der Waals surface area contributed by atoms with Crippen molar-refractivity contribution in [1.29, 1.82) is 0 Å². The van der Waals surface area contributed by atoms with Gasteiger partial charge in [0.15, 0.2) is 0 Å². The number of aliphatic hydroxyl groups is 1. The lowest BCUT2D eigenvalue weighted by molar-refractivity contribution is 0.217. The monoisotopic (exact) mass is 216 g/mol. The van der Waals surface area contributed by atoms with Crippen LogP contribution < -0.4 is 0 Å². The predicted octanol–water partition coefficient (Wildman–Crippen LogP) is 3.48. The molecule has 1 aromatic heterocycles. The lowest BCUT2D eigenvalue weighted by Crippen LogP contribution is -2.03. The third kappa shape index (κ3) is 2.02. The quantitative estimate of drug-likeness (QED) is 0.852. The maximum Gasteiger partial charge on any atom is 0.107 e. The maximum absolute atomic E-state index is 10.3. The number of hydrogen-bond acceptors (Lipinski definition) is 2. The molecule has 1 N–H and O–H groups in total. The van der Waals surface area contributed by atoms with Gasteiger partial charge in [-0.25, -0.2) is 0 Å². The summed E-state index contributed by atoms with van der Waals surface area (Å²) in [5, 5.41) is 10.3. The van der Waals surface area contributed by atoms with Crippen molar-refractivity contribution < 1.29 is 9.52 Å². The first-order valence-corrected chi connectivity index (χ1v) is 5.49. The third-order valence-corrected chi connectivity index (χ3v) is 2.77. The van der Waals surface area contributed by atoms with E-state index in [-0.39, 0.29) is 0 Å². The van der Waals surface area contributed by atoms with Crippen LogP contribution in [0.15, 0.2) is 47.3 Å². The van der Waals surface area contributed by atoms with Gasteiger partial charge in [-0.05, 0) is 23.1 Å². The van der Waals surface area contributed by atoms with E-state index >= 15 is 0 Å². The van der Waals surface area contributed by atoms with Crippen LogP contribution in [0.4, 0.5) is 0 Å². The maximum atomic E-state index is 10.3. The number of rotatable bonds is 3. The van der Waals surface area contributed by atoms with Crippen LogP contribution in [0.5, 0.6) is 0 Å². The van der Waals surface area contributed by atoms with Crippen molar-refractivity contribution >= 4 is 0 Å². The van der Waals surface area contributed by atoms with Crippen LogP contribution in [-0.4, -0.2) is 5.11 Å². The van der Waals surface area contributed by atoms with E-state index in [1.807, 2.05) is 18.2 Å². The molecule has 0 fully saturated rings. The fourth-order valence-corrected chi connectivity index (χ4v) is 1.90. The molecule has 0 aliphatic rings. The molecular formula is C14H16O2. The van der Waals surface area contributed by atoms with Gasteiger partial charge in [0, 0.05) is 5.56 Å². The minimum Gasteiger partial charge on any atom is -0.472 e. The Kier molecular flexibility index (Phi) is 3.11. The van der Waals surface area contributed by atoms with Gasteiger partial charge in [-0.2, -0.15) is 0 Å². The average molecular weight is 216 g/mol. The Morgan fingerprint density at radius 3 is 2.31 bits per heavy atom. The van der Waals surface area contributed by atoms with E-state index in [1.54, 1.807) is 18.6 Å². The Bertz CT molecular complexity index is 444. The zero-order chi connectivity index (χ0) is 11.5. The van der Waals surface area contributed by atoms with Crippen molar-refractivity contribution in [2.75, 3.05) is 0 Å². The summed E-state index contributed by atoms with van der Waals surface area (Å²) in [5.74, 6) is 0.401. The smallest absolute Gasteiger partial charge is 0.107 e. The minimum absolute atomic E-state index is 0.401. The average Bonchev–Trinajstić information content (AvgIpc) is 2.81. The van der Waals surface area contributed by atoms with Gasteiger partial charge < -0.3 is 9.52 Å². The molecule has 0 saturated carbocycles. The van der Waals surface area contributed by atoms with E-state index in [0.29, 0.717) is 5.92 Å². The molecule has 1 aromatic carbocycles. The number of hydrogen-bond donors (Lipinski definition) is 1. The molecule has 0 aliphatic carbocycles. The summed E-state index contributed by atoms with van der Waals surface area (Å²) in [6, 6.07) is 9.77. The van der Waals surface area contributed by atoms with Gasteiger partial charge in [0.1, 0.15) is 6.10 Å². The first kappa shape index (κ1) is 11.0. The summed E-state index contributed by atoms with van der Waals surface area (Å²) < 4.78 is 5.00. The second-order valence-corrected chi connectivity index (χ2v) is 4.24. The molecule has 2 nitrogen and oxygen atoms in total. The highest BCUT2D eigenvalue weighted by atomic mass is 16.3. The summed E-state index contributed by atoms with van der Waals surface area (Å²) in [5.41, 5.74) is 2.93. The first-order chi connectivity index (χ1) is 7.70. The normalized spacial score (nSPS) is 13.0. The Labute approximate surface area is 95.5 Å². The van der Waals surface area contributed by atoms with Gasteiger partial charge in [-0.3, -0.25) is 0 Å². The summed E-state index contributed by atoms with van der Waals surface area (Å²) in [6.07, 6.45) is 2.57. The van der Waals surface area contributed by atoms with Crippen LogP contribution in [-0.2, 0) is 0 Å². The summed E-state index contributed by atoms with van der Waals surface area (Å²) in [7, 11) is 0. The molecule has 16 heavy (non-hydrogen) atoms. The van der Waals surface area contributed by atoms with Crippen LogP contribution in [0.1, 0.15) is 42.6 Å². The van der Waals surface area contributed by atoms with Gasteiger partial charge >= 0.3 is 0 Å². The van der Waals surface area contributed by atoms with Crippen LogP contribution in [0.3, 0.4) is 0 Å². The molecule has 1 atom stereocenters. The van der Waals surface area contributed by atoms with E-state index in [0.717, 1.165) is 11.1 Å². The Hall–Kier alpha value is -1.54. The van der Waals surface area contributed by atoms with Crippen LogP contribution in [0.25, 0.3) is 0 Å². The van der Waals surface area contributed by atoms with Crippen molar-refractivity contribution in [2.45, 2.75) is 25.9 Å². The molecule has 0 bridgehead atoms. The fraction of sp³-hybridized carbons (Fsp3) is 0.286. The zero-order valence-corrected chi connectivity index (χ0v) is 9.55. The largest absolute Gasteiger partial charge is 0.472 e. The van der Waals surface area contributed by atoms with Gasteiger partial charge in [0.05, 0.1) is 12.5 Å². The van der Waals surface area contributed by atoms with Gasteiger partial charge in [0.2, 0.25) is 0 Å². The van der Waals surface area contributed by atoms with Gasteiger partial charge in [0.25, 0.3) is 0 Å². The predicted molar refractivity (Wildman–Crippen MR) is 63.3 cm³/mol. The molecule has 2 heteroatoms. The topological polar surface area (TPSA) is 33.4 Å². The molecular weight excluding hydrogens is 200 g/mol. The van der Waals surface area contributed by atoms with Gasteiger partial charge in [-0.15, -0.1) is 0 Å². The highest BCUT2D eigenvalue weighted by Gasteiger charge is 2.16. The van der Waals surface area contributed by atoms with Crippen LogP contribution in [0, 0.1) is 0 Å². The van der Waals surface area contributed by atoms with Crippen LogP contribution in [0.2, 0.25) is 0 Å². The Morgan fingerprint density at radius 1 is 1.06 bits per heavy atom. The van der Waals surface area contributed by atoms with Crippen molar-refractivity contribution in [3.05, 3.63) is 59.5 Å². The molecule has 0 radical (unpaired) electrons. The number of furan rings is 1.